The number of hydrogen-bond donors (Lipinski definition) is 1. The van der Waals surface area contributed by atoms with Gasteiger partial charge in [0, 0.05) is 19.1 Å². The lowest BCUT2D eigenvalue weighted by atomic mass is 9.89. The normalized spacial score (nSPS) is 32.2. The third-order valence-electron chi connectivity index (χ3n) is 4.24. The van der Waals surface area contributed by atoms with Crippen LogP contribution in [0.3, 0.4) is 0 Å². The zero-order valence-corrected chi connectivity index (χ0v) is 11.9. The Morgan fingerprint density at radius 3 is 2.79 bits per heavy atom. The predicted molar refractivity (Wildman–Crippen MR) is 75.7 cm³/mol. The lowest BCUT2D eigenvalue weighted by Gasteiger charge is -2.31. The molecule has 0 bridgehead atoms. The molecule has 2 aliphatic rings. The molecule has 4 nitrogen and oxygen atoms in total. The van der Waals surface area contributed by atoms with Gasteiger partial charge in [0.05, 0.1) is 6.54 Å². The summed E-state index contributed by atoms with van der Waals surface area (Å²) < 4.78 is 5.59. The van der Waals surface area contributed by atoms with Crippen LogP contribution in [0, 0.1) is 5.92 Å². The minimum atomic E-state index is -0.0895. The third-order valence-corrected chi connectivity index (χ3v) is 4.24. The van der Waals surface area contributed by atoms with Crippen LogP contribution < -0.4 is 5.73 Å². The molecule has 2 rings (SSSR count). The first-order chi connectivity index (χ1) is 9.19. The van der Waals surface area contributed by atoms with Gasteiger partial charge in [0.1, 0.15) is 6.10 Å². The van der Waals surface area contributed by atoms with Crippen molar-refractivity contribution in [1.82, 2.24) is 4.90 Å². The highest BCUT2D eigenvalue weighted by atomic mass is 16.5. The fraction of sp³-hybridized carbons (Fsp3) is 0.800. The van der Waals surface area contributed by atoms with Gasteiger partial charge in [0.2, 0.25) is 0 Å². The molecule has 0 amide bonds. The van der Waals surface area contributed by atoms with Crippen molar-refractivity contribution in [3.05, 3.63) is 12.2 Å². The number of carbonyl (C=O) groups excluding carboxylic acids is 1. The monoisotopic (exact) mass is 266 g/mol. The number of hydrogen-bond acceptors (Lipinski definition) is 4. The second-order valence-electron chi connectivity index (χ2n) is 5.86. The van der Waals surface area contributed by atoms with Crippen molar-refractivity contribution in [3.8, 4) is 0 Å². The average Bonchev–Trinajstić information content (AvgIpc) is 2.42. The van der Waals surface area contributed by atoms with Crippen LogP contribution in [0.2, 0.25) is 0 Å². The van der Waals surface area contributed by atoms with E-state index in [4.69, 9.17) is 10.5 Å². The van der Waals surface area contributed by atoms with Crippen molar-refractivity contribution in [1.29, 1.82) is 0 Å². The van der Waals surface area contributed by atoms with Crippen molar-refractivity contribution >= 4 is 5.97 Å². The van der Waals surface area contributed by atoms with Gasteiger partial charge < -0.3 is 10.5 Å². The Labute approximate surface area is 116 Å². The van der Waals surface area contributed by atoms with E-state index in [0.29, 0.717) is 13.1 Å². The second kappa shape index (κ2) is 7.06. The molecule has 1 atom stereocenters. The van der Waals surface area contributed by atoms with Crippen molar-refractivity contribution in [2.45, 2.75) is 51.2 Å². The number of esters is 1. The van der Waals surface area contributed by atoms with Crippen LogP contribution in [0.15, 0.2) is 12.2 Å². The topological polar surface area (TPSA) is 55.6 Å². The molecule has 108 valence electrons. The van der Waals surface area contributed by atoms with E-state index in [0.717, 1.165) is 31.7 Å². The van der Waals surface area contributed by atoms with E-state index in [9.17, 15) is 4.79 Å². The van der Waals surface area contributed by atoms with Gasteiger partial charge in [-0.2, -0.15) is 0 Å². The Hall–Kier alpha value is -0.870. The summed E-state index contributed by atoms with van der Waals surface area (Å²) >= 11 is 0. The summed E-state index contributed by atoms with van der Waals surface area (Å²) in [6.07, 6.45) is 9.76. The Morgan fingerprint density at radius 2 is 2.11 bits per heavy atom. The van der Waals surface area contributed by atoms with Crippen molar-refractivity contribution in [3.63, 3.8) is 0 Å². The molecule has 1 aliphatic carbocycles. The molecule has 0 aromatic carbocycles. The summed E-state index contributed by atoms with van der Waals surface area (Å²) in [7, 11) is 0. The molecular weight excluding hydrogens is 240 g/mol. The number of rotatable bonds is 4. The average molecular weight is 266 g/mol. The lowest BCUT2D eigenvalue weighted by molar-refractivity contribution is -0.152. The Morgan fingerprint density at radius 1 is 1.37 bits per heavy atom. The smallest absolute Gasteiger partial charge is 0.320 e. The zero-order valence-electron chi connectivity index (χ0n) is 11.9. The first-order valence-electron chi connectivity index (χ1n) is 7.49. The molecule has 4 heteroatoms. The van der Waals surface area contributed by atoms with Gasteiger partial charge in [-0.05, 0) is 38.0 Å². The highest BCUT2D eigenvalue weighted by Crippen LogP contribution is 2.25. The van der Waals surface area contributed by atoms with Gasteiger partial charge in [-0.3, -0.25) is 9.69 Å². The standard InChI is InChI=1S/C15H26N2O2/c1-12-5-7-14(8-6-12)19-15(18)11-17-9-3-2-4-13(17)10-16/h2,4,12-14H,3,5-11,16H2,1H3. The summed E-state index contributed by atoms with van der Waals surface area (Å²) in [6.45, 7) is 4.10. The molecule has 0 saturated heterocycles. The molecular formula is C15H26N2O2. The van der Waals surface area contributed by atoms with Gasteiger partial charge in [-0.25, -0.2) is 0 Å². The second-order valence-corrected chi connectivity index (χ2v) is 5.86. The highest BCUT2D eigenvalue weighted by Gasteiger charge is 2.24. The first-order valence-corrected chi connectivity index (χ1v) is 7.49. The quantitative estimate of drug-likeness (QED) is 0.621. The minimum Gasteiger partial charge on any atom is -0.461 e. The largest absolute Gasteiger partial charge is 0.461 e. The Bertz CT molecular complexity index is 322. The molecule has 1 aliphatic heterocycles. The Balaban J connectivity index is 1.76. The van der Waals surface area contributed by atoms with Gasteiger partial charge in [0.15, 0.2) is 0 Å². The molecule has 19 heavy (non-hydrogen) atoms. The van der Waals surface area contributed by atoms with E-state index >= 15 is 0 Å². The Kier molecular flexibility index (Phi) is 5.40. The number of ether oxygens (including phenoxy) is 1. The molecule has 1 unspecified atom stereocenters. The van der Waals surface area contributed by atoms with E-state index in [1.807, 2.05) is 0 Å². The summed E-state index contributed by atoms with van der Waals surface area (Å²) in [4.78, 5) is 14.1. The number of carbonyl (C=O) groups is 1. The lowest BCUT2D eigenvalue weighted by Crippen LogP contribution is -2.45. The van der Waals surface area contributed by atoms with Gasteiger partial charge in [-0.15, -0.1) is 0 Å². The maximum absolute atomic E-state index is 12.0. The fourth-order valence-corrected chi connectivity index (χ4v) is 2.94. The van der Waals surface area contributed by atoms with Crippen LogP contribution >= 0.6 is 0 Å². The molecule has 2 N–H and O–H groups in total. The van der Waals surface area contributed by atoms with E-state index < -0.39 is 0 Å². The highest BCUT2D eigenvalue weighted by molar-refractivity contribution is 5.72. The van der Waals surface area contributed by atoms with E-state index in [1.54, 1.807) is 0 Å². The molecule has 0 aromatic rings. The summed E-state index contributed by atoms with van der Waals surface area (Å²) in [5, 5.41) is 0. The molecule has 1 heterocycles. The van der Waals surface area contributed by atoms with Crippen LogP contribution in [0.5, 0.6) is 0 Å². The molecule has 0 spiro atoms. The summed E-state index contributed by atoms with van der Waals surface area (Å²) in [5.41, 5.74) is 5.72. The van der Waals surface area contributed by atoms with Crippen LogP contribution in [-0.4, -0.2) is 42.6 Å². The van der Waals surface area contributed by atoms with Crippen molar-refractivity contribution in [2.75, 3.05) is 19.6 Å². The molecule has 0 aromatic heterocycles. The minimum absolute atomic E-state index is 0.0895. The van der Waals surface area contributed by atoms with E-state index in [-0.39, 0.29) is 18.1 Å². The van der Waals surface area contributed by atoms with Gasteiger partial charge in [-0.1, -0.05) is 19.1 Å². The van der Waals surface area contributed by atoms with Crippen LogP contribution in [-0.2, 0) is 9.53 Å². The fourth-order valence-electron chi connectivity index (χ4n) is 2.94. The third kappa shape index (κ3) is 4.32. The van der Waals surface area contributed by atoms with E-state index in [2.05, 4.69) is 24.0 Å². The first kappa shape index (κ1) is 14.5. The summed E-state index contributed by atoms with van der Waals surface area (Å²) in [6, 6.07) is 0.188. The SMILES string of the molecule is CC1CCC(OC(=O)CN2CCC=CC2CN)CC1. The zero-order chi connectivity index (χ0) is 13.7. The van der Waals surface area contributed by atoms with Crippen LogP contribution in [0.1, 0.15) is 39.0 Å². The van der Waals surface area contributed by atoms with Crippen molar-refractivity contribution < 1.29 is 9.53 Å². The number of nitrogens with zero attached hydrogens (tertiary/aromatic N) is 1. The number of nitrogens with two attached hydrogens (primary N) is 1. The van der Waals surface area contributed by atoms with Gasteiger partial charge in [0.25, 0.3) is 0 Å². The van der Waals surface area contributed by atoms with Crippen molar-refractivity contribution in [2.24, 2.45) is 11.7 Å². The maximum atomic E-state index is 12.0. The van der Waals surface area contributed by atoms with Gasteiger partial charge >= 0.3 is 5.97 Å². The molecule has 0 radical (unpaired) electrons. The predicted octanol–water partition coefficient (Wildman–Crippen LogP) is 1.70. The maximum Gasteiger partial charge on any atom is 0.320 e. The van der Waals surface area contributed by atoms with Crippen LogP contribution in [0.4, 0.5) is 0 Å². The van der Waals surface area contributed by atoms with Crippen LogP contribution in [0.25, 0.3) is 0 Å². The molecule has 1 saturated carbocycles. The molecule has 1 fully saturated rings. The van der Waals surface area contributed by atoms with E-state index in [1.165, 1.54) is 12.8 Å². The summed E-state index contributed by atoms with van der Waals surface area (Å²) in [5.74, 6) is 0.692.